The average Bonchev–Trinajstić information content (AvgIpc) is 3.21. The number of rotatable bonds is 3. The van der Waals surface area contributed by atoms with Crippen molar-refractivity contribution in [2.24, 2.45) is 15.8 Å². The van der Waals surface area contributed by atoms with Crippen LogP contribution in [0.3, 0.4) is 0 Å². The lowest BCUT2D eigenvalue weighted by molar-refractivity contribution is 0.0663. The Morgan fingerprint density at radius 3 is 2.87 bits per heavy atom. The summed E-state index contributed by atoms with van der Waals surface area (Å²) in [4.78, 5) is 26.3. The molecule has 0 aromatic carbocycles. The highest BCUT2D eigenvalue weighted by molar-refractivity contribution is 5.99. The number of hydrazone groups is 1. The van der Waals surface area contributed by atoms with Gasteiger partial charge >= 0.3 is 0 Å². The van der Waals surface area contributed by atoms with Gasteiger partial charge in [0.05, 0.1) is 11.6 Å². The first kappa shape index (κ1) is 21.0. The number of nitrogens with two attached hydrogens (primary N) is 2. The largest absolute Gasteiger partial charge is 0.383 e. The van der Waals surface area contributed by atoms with Crippen LogP contribution in [0.5, 0.6) is 0 Å². The lowest BCUT2D eigenvalue weighted by atomic mass is 10.00. The van der Waals surface area contributed by atoms with Gasteiger partial charge in [0.15, 0.2) is 5.82 Å². The summed E-state index contributed by atoms with van der Waals surface area (Å²) >= 11 is 0. The predicted octanol–water partition coefficient (Wildman–Crippen LogP) is 1.77. The summed E-state index contributed by atoms with van der Waals surface area (Å²) in [5.74, 6) is 1.72. The maximum atomic E-state index is 13.2. The van der Waals surface area contributed by atoms with E-state index in [1.165, 1.54) is 0 Å². The van der Waals surface area contributed by atoms with Gasteiger partial charge in [0.1, 0.15) is 11.7 Å². The Kier molecular flexibility index (Phi) is 6.03. The molecule has 3 aliphatic rings. The molecule has 3 aliphatic heterocycles. The van der Waals surface area contributed by atoms with Crippen molar-refractivity contribution >= 4 is 24.3 Å². The van der Waals surface area contributed by atoms with Crippen LogP contribution in [0.25, 0.3) is 0 Å². The van der Waals surface area contributed by atoms with E-state index in [1.807, 2.05) is 24.1 Å². The molecule has 0 aliphatic carbocycles. The molecular weight excluding hydrogens is 392 g/mol. The molecule has 9 heteroatoms. The molecule has 4 heterocycles. The molecule has 4 rings (SSSR count). The van der Waals surface area contributed by atoms with Crippen LogP contribution >= 0.6 is 0 Å². The summed E-state index contributed by atoms with van der Waals surface area (Å²) in [6, 6.07) is 3.50. The van der Waals surface area contributed by atoms with E-state index in [1.54, 1.807) is 23.3 Å². The molecule has 4 N–H and O–H groups in total. The first-order valence-corrected chi connectivity index (χ1v) is 10.7. The number of nitrogens with zero attached hydrogens (tertiary/aromatic N) is 6. The maximum Gasteiger partial charge on any atom is 0.258 e. The number of aliphatic imine (C=N–C) groups is 1. The van der Waals surface area contributed by atoms with Gasteiger partial charge in [-0.3, -0.25) is 4.79 Å². The van der Waals surface area contributed by atoms with Crippen molar-refractivity contribution in [3.05, 3.63) is 47.6 Å². The zero-order valence-electron chi connectivity index (χ0n) is 17.9. The number of piperidine rings is 1. The van der Waals surface area contributed by atoms with Crippen molar-refractivity contribution in [2.75, 3.05) is 25.4 Å². The van der Waals surface area contributed by atoms with Crippen molar-refractivity contribution in [3.8, 4) is 0 Å². The highest BCUT2D eigenvalue weighted by Crippen LogP contribution is 2.27. The van der Waals surface area contributed by atoms with Gasteiger partial charge in [0.2, 0.25) is 0 Å². The molecular formula is C22H30N8O. The Morgan fingerprint density at radius 2 is 2.16 bits per heavy atom. The fourth-order valence-electron chi connectivity index (χ4n) is 4.39. The number of hydrogen-bond donors (Lipinski definition) is 2. The van der Waals surface area contributed by atoms with Crippen LogP contribution in [-0.2, 0) is 0 Å². The minimum absolute atomic E-state index is 0.109. The van der Waals surface area contributed by atoms with E-state index in [4.69, 9.17) is 16.5 Å². The minimum Gasteiger partial charge on any atom is -0.383 e. The molecule has 31 heavy (non-hydrogen) atoms. The van der Waals surface area contributed by atoms with E-state index in [-0.39, 0.29) is 23.8 Å². The highest BCUT2D eigenvalue weighted by Gasteiger charge is 2.30. The number of aromatic nitrogens is 1. The van der Waals surface area contributed by atoms with Gasteiger partial charge < -0.3 is 21.3 Å². The number of carbonyl (C=O) groups excluding carboxylic acids is 1. The Bertz CT molecular complexity index is 953. The predicted molar refractivity (Wildman–Crippen MR) is 122 cm³/mol. The zero-order valence-corrected chi connectivity index (χ0v) is 17.9. The molecule has 9 nitrogen and oxygen atoms in total. The fraction of sp³-hybridized carbons (Fsp3) is 0.455. The number of anilines is 1. The Labute approximate surface area is 182 Å². The summed E-state index contributed by atoms with van der Waals surface area (Å²) < 4.78 is 0. The van der Waals surface area contributed by atoms with Crippen molar-refractivity contribution in [2.45, 2.75) is 44.7 Å². The average molecular weight is 423 g/mol. The van der Waals surface area contributed by atoms with Gasteiger partial charge in [-0.1, -0.05) is 0 Å². The molecule has 0 saturated carbocycles. The zero-order chi connectivity index (χ0) is 22.0. The van der Waals surface area contributed by atoms with E-state index in [2.05, 4.69) is 21.7 Å². The number of hydrogen-bond acceptors (Lipinski definition) is 8. The fourth-order valence-corrected chi connectivity index (χ4v) is 4.39. The van der Waals surface area contributed by atoms with Gasteiger partial charge in [0, 0.05) is 50.4 Å². The van der Waals surface area contributed by atoms with Crippen LogP contribution in [0.1, 0.15) is 43.0 Å². The van der Waals surface area contributed by atoms with Gasteiger partial charge in [-0.05, 0) is 50.8 Å². The third kappa shape index (κ3) is 4.32. The van der Waals surface area contributed by atoms with E-state index >= 15 is 0 Å². The molecule has 0 bridgehead atoms. The summed E-state index contributed by atoms with van der Waals surface area (Å²) in [5, 5.41) is 5.79. The van der Waals surface area contributed by atoms with Crippen molar-refractivity contribution < 1.29 is 4.79 Å². The maximum absolute atomic E-state index is 13.2. The molecule has 1 aromatic rings. The van der Waals surface area contributed by atoms with Crippen molar-refractivity contribution in [3.63, 3.8) is 0 Å². The van der Waals surface area contributed by atoms with Crippen molar-refractivity contribution in [1.29, 1.82) is 0 Å². The third-order valence-corrected chi connectivity index (χ3v) is 6.02. The summed E-state index contributed by atoms with van der Waals surface area (Å²) in [6.07, 6.45) is 9.32. The van der Waals surface area contributed by atoms with Crippen LogP contribution in [0.15, 0.2) is 52.1 Å². The lowest BCUT2D eigenvalue weighted by Crippen LogP contribution is -2.43. The monoisotopic (exact) mass is 422 g/mol. The standard InChI is InChI=1S/C22H30N8O/c1-15-13-30(25-2)19(27-21(15)28-11-8-16(23)14-28)12-17-6-3-4-10-29(17)22(31)18-7-5-9-26-20(18)24/h5,7,9,12-13,16-17H,2-4,6,8,10-11,14,23H2,1H3,(H2,24,26)/b19-12-/t16-,17?/m0/s1. The second-order valence-electron chi connectivity index (χ2n) is 8.25. The first-order chi connectivity index (χ1) is 15.0. The van der Waals surface area contributed by atoms with E-state index < -0.39 is 0 Å². The van der Waals surface area contributed by atoms with E-state index in [9.17, 15) is 4.79 Å². The highest BCUT2D eigenvalue weighted by atomic mass is 16.2. The molecule has 164 valence electrons. The number of amides is 1. The quantitative estimate of drug-likeness (QED) is 0.717. The van der Waals surface area contributed by atoms with E-state index in [0.717, 1.165) is 50.2 Å². The van der Waals surface area contributed by atoms with Crippen molar-refractivity contribution in [1.82, 2.24) is 19.8 Å². The Morgan fingerprint density at radius 1 is 1.32 bits per heavy atom. The molecule has 2 atom stereocenters. The smallest absolute Gasteiger partial charge is 0.258 e. The second kappa shape index (κ2) is 8.89. The number of likely N-dealkylation sites (tertiary alicyclic amines) is 2. The van der Waals surface area contributed by atoms with Crippen LogP contribution in [0.2, 0.25) is 0 Å². The summed E-state index contributed by atoms with van der Waals surface area (Å²) in [6.45, 7) is 8.04. The molecule has 0 spiro atoms. The summed E-state index contributed by atoms with van der Waals surface area (Å²) in [5.41, 5.74) is 13.5. The normalized spacial score (nSPS) is 25.5. The van der Waals surface area contributed by atoms with Gasteiger partial charge in [-0.2, -0.15) is 5.10 Å². The topological polar surface area (TPSA) is 116 Å². The lowest BCUT2D eigenvalue weighted by Gasteiger charge is -2.35. The van der Waals surface area contributed by atoms with Crippen LogP contribution in [0.4, 0.5) is 5.82 Å². The Balaban J connectivity index is 1.65. The number of carbonyl (C=O) groups is 1. The van der Waals surface area contributed by atoms with Crippen LogP contribution < -0.4 is 11.5 Å². The third-order valence-electron chi connectivity index (χ3n) is 6.02. The molecule has 1 aromatic heterocycles. The first-order valence-electron chi connectivity index (χ1n) is 10.7. The molecule has 2 fully saturated rings. The van der Waals surface area contributed by atoms with Gasteiger partial charge in [0.25, 0.3) is 5.91 Å². The van der Waals surface area contributed by atoms with Crippen LogP contribution in [-0.4, -0.2) is 70.0 Å². The number of pyridine rings is 1. The van der Waals surface area contributed by atoms with Gasteiger partial charge in [-0.15, -0.1) is 0 Å². The van der Waals surface area contributed by atoms with Crippen LogP contribution in [0, 0.1) is 0 Å². The van der Waals surface area contributed by atoms with E-state index in [0.29, 0.717) is 17.9 Å². The molecule has 1 amide bonds. The minimum atomic E-state index is -0.113. The molecule has 2 saturated heterocycles. The SMILES string of the molecule is C=NN1C=C(C)C(N2CC[C@H](N)C2)=N/C1=C/C1CCCCN1C(=O)c1cccnc1N. The molecule has 0 radical (unpaired) electrons. The number of amidine groups is 1. The van der Waals surface area contributed by atoms with Gasteiger partial charge in [-0.25, -0.2) is 15.0 Å². The summed E-state index contributed by atoms with van der Waals surface area (Å²) in [7, 11) is 0. The second-order valence-corrected chi connectivity index (χ2v) is 8.25. The Hall–Kier alpha value is -3.20. The number of nitrogen functional groups attached to an aromatic ring is 1. The molecule has 1 unspecified atom stereocenters.